The van der Waals surface area contributed by atoms with Gasteiger partial charge in [0.15, 0.2) is 0 Å². The Labute approximate surface area is 115 Å². The Morgan fingerprint density at radius 1 is 1.53 bits per heavy atom. The standard InChI is InChI=1S/C13H13ClN2O3/c1-2-16-10(7-15-12(16)13(17)18)8-19-11-5-3-4-9(14)6-11/h3-7H,2,8H2,1H3,(H,17,18). The number of aromatic nitrogens is 2. The molecule has 1 N–H and O–H groups in total. The molecule has 0 amide bonds. The van der Waals surface area contributed by atoms with Crippen molar-refractivity contribution in [3.8, 4) is 5.75 Å². The zero-order valence-corrected chi connectivity index (χ0v) is 11.1. The van der Waals surface area contributed by atoms with E-state index in [9.17, 15) is 4.79 Å². The van der Waals surface area contributed by atoms with E-state index in [0.717, 1.165) is 0 Å². The van der Waals surface area contributed by atoms with Crippen molar-refractivity contribution in [1.29, 1.82) is 0 Å². The lowest BCUT2D eigenvalue weighted by molar-refractivity contribution is 0.0677. The van der Waals surface area contributed by atoms with Gasteiger partial charge in [-0.2, -0.15) is 0 Å². The highest BCUT2D eigenvalue weighted by atomic mass is 35.5. The van der Waals surface area contributed by atoms with Crippen LogP contribution in [0.25, 0.3) is 0 Å². The molecule has 0 saturated heterocycles. The number of hydrogen-bond donors (Lipinski definition) is 1. The van der Waals surface area contributed by atoms with Gasteiger partial charge < -0.3 is 14.4 Å². The summed E-state index contributed by atoms with van der Waals surface area (Å²) in [4.78, 5) is 14.8. The van der Waals surface area contributed by atoms with Crippen LogP contribution in [0.5, 0.6) is 5.75 Å². The number of benzene rings is 1. The zero-order chi connectivity index (χ0) is 13.8. The molecule has 2 rings (SSSR count). The number of carbonyl (C=O) groups is 1. The lowest BCUT2D eigenvalue weighted by Crippen LogP contribution is -2.12. The first-order valence-electron chi connectivity index (χ1n) is 5.78. The fourth-order valence-corrected chi connectivity index (χ4v) is 1.94. The van der Waals surface area contributed by atoms with Gasteiger partial charge in [0.25, 0.3) is 0 Å². The van der Waals surface area contributed by atoms with E-state index >= 15 is 0 Å². The fraction of sp³-hybridized carbons (Fsp3) is 0.231. The average Bonchev–Trinajstić information content (AvgIpc) is 2.79. The summed E-state index contributed by atoms with van der Waals surface area (Å²) in [5.74, 6) is -0.392. The van der Waals surface area contributed by atoms with Crippen LogP contribution in [0.15, 0.2) is 30.5 Å². The van der Waals surface area contributed by atoms with Gasteiger partial charge >= 0.3 is 5.97 Å². The summed E-state index contributed by atoms with van der Waals surface area (Å²) in [6.07, 6.45) is 1.51. The number of carboxylic acid groups (broad SMARTS) is 1. The first kappa shape index (κ1) is 13.4. The first-order valence-corrected chi connectivity index (χ1v) is 6.15. The van der Waals surface area contributed by atoms with Crippen LogP contribution in [0, 0.1) is 0 Å². The second-order valence-corrected chi connectivity index (χ2v) is 4.31. The Kier molecular flexibility index (Phi) is 4.06. The number of carboxylic acids is 1. The van der Waals surface area contributed by atoms with Crippen molar-refractivity contribution >= 4 is 17.6 Å². The van der Waals surface area contributed by atoms with Crippen LogP contribution in [-0.2, 0) is 13.2 Å². The monoisotopic (exact) mass is 280 g/mol. The van der Waals surface area contributed by atoms with Gasteiger partial charge in [-0.05, 0) is 25.1 Å². The van der Waals surface area contributed by atoms with Crippen LogP contribution < -0.4 is 4.74 Å². The quantitative estimate of drug-likeness (QED) is 0.915. The van der Waals surface area contributed by atoms with Gasteiger partial charge in [-0.1, -0.05) is 17.7 Å². The fourth-order valence-electron chi connectivity index (χ4n) is 1.76. The first-order chi connectivity index (χ1) is 9.11. The van der Waals surface area contributed by atoms with E-state index in [1.54, 1.807) is 28.8 Å². The van der Waals surface area contributed by atoms with Crippen molar-refractivity contribution in [2.45, 2.75) is 20.1 Å². The van der Waals surface area contributed by atoms with Crippen LogP contribution in [0.3, 0.4) is 0 Å². The lowest BCUT2D eigenvalue weighted by Gasteiger charge is -2.09. The third-order valence-corrected chi connectivity index (χ3v) is 2.86. The van der Waals surface area contributed by atoms with Crippen molar-refractivity contribution in [2.75, 3.05) is 0 Å². The topological polar surface area (TPSA) is 64.4 Å². The highest BCUT2D eigenvalue weighted by Crippen LogP contribution is 2.18. The van der Waals surface area contributed by atoms with Crippen molar-refractivity contribution in [2.24, 2.45) is 0 Å². The van der Waals surface area contributed by atoms with Crippen molar-refractivity contribution in [3.63, 3.8) is 0 Å². The number of halogens is 1. The molecule has 2 aromatic rings. The summed E-state index contributed by atoms with van der Waals surface area (Å²) in [5.41, 5.74) is 0.708. The van der Waals surface area contributed by atoms with Crippen molar-refractivity contribution in [1.82, 2.24) is 9.55 Å². The van der Waals surface area contributed by atoms with Gasteiger partial charge in [-0.15, -0.1) is 0 Å². The number of rotatable bonds is 5. The van der Waals surface area contributed by atoms with Crippen LogP contribution in [-0.4, -0.2) is 20.6 Å². The van der Waals surface area contributed by atoms with Crippen molar-refractivity contribution < 1.29 is 14.6 Å². The molecule has 100 valence electrons. The van der Waals surface area contributed by atoms with Gasteiger partial charge in [-0.25, -0.2) is 9.78 Å². The molecule has 5 nitrogen and oxygen atoms in total. The highest BCUT2D eigenvalue weighted by Gasteiger charge is 2.14. The lowest BCUT2D eigenvalue weighted by atomic mass is 10.3. The van der Waals surface area contributed by atoms with Gasteiger partial charge in [0, 0.05) is 11.6 Å². The molecule has 0 aliphatic heterocycles. The average molecular weight is 281 g/mol. The minimum absolute atomic E-state index is 0.0206. The van der Waals surface area contributed by atoms with E-state index in [1.807, 2.05) is 6.92 Å². The predicted molar refractivity (Wildman–Crippen MR) is 70.6 cm³/mol. The smallest absolute Gasteiger partial charge is 0.372 e. The zero-order valence-electron chi connectivity index (χ0n) is 10.3. The van der Waals surface area contributed by atoms with Gasteiger partial charge in [0.1, 0.15) is 12.4 Å². The molecule has 0 aliphatic rings. The normalized spacial score (nSPS) is 10.4. The van der Waals surface area contributed by atoms with Gasteiger partial charge in [0.05, 0.1) is 11.9 Å². The minimum atomic E-state index is -1.05. The number of nitrogens with zero attached hydrogens (tertiary/aromatic N) is 2. The molecule has 0 atom stereocenters. The second kappa shape index (κ2) is 5.75. The summed E-state index contributed by atoms with van der Waals surface area (Å²) >= 11 is 5.86. The van der Waals surface area contributed by atoms with E-state index in [2.05, 4.69) is 4.98 Å². The molecule has 0 saturated carbocycles. The summed E-state index contributed by atoms with van der Waals surface area (Å²) < 4.78 is 7.17. The molecule has 1 heterocycles. The maximum absolute atomic E-state index is 11.0. The van der Waals surface area contributed by atoms with E-state index in [-0.39, 0.29) is 12.4 Å². The van der Waals surface area contributed by atoms with Crippen LogP contribution in [0.4, 0.5) is 0 Å². The van der Waals surface area contributed by atoms with Crippen LogP contribution in [0.1, 0.15) is 23.2 Å². The molecular weight excluding hydrogens is 268 g/mol. The molecule has 6 heteroatoms. The van der Waals surface area contributed by atoms with Crippen LogP contribution >= 0.6 is 11.6 Å². The maximum Gasteiger partial charge on any atom is 0.372 e. The van der Waals surface area contributed by atoms with Crippen LogP contribution in [0.2, 0.25) is 5.02 Å². The minimum Gasteiger partial charge on any atom is -0.487 e. The molecule has 0 fully saturated rings. The molecule has 0 aliphatic carbocycles. The molecule has 1 aromatic carbocycles. The molecule has 0 bridgehead atoms. The van der Waals surface area contributed by atoms with Crippen molar-refractivity contribution in [3.05, 3.63) is 47.0 Å². The summed E-state index contributed by atoms with van der Waals surface area (Å²) in [7, 11) is 0. The Balaban J connectivity index is 2.14. The summed E-state index contributed by atoms with van der Waals surface area (Å²) in [5, 5.41) is 9.58. The van der Waals surface area contributed by atoms with E-state index in [4.69, 9.17) is 21.4 Å². The predicted octanol–water partition coefficient (Wildman–Crippen LogP) is 2.83. The Hall–Kier alpha value is -2.01. The number of imidazole rings is 1. The van der Waals surface area contributed by atoms with Gasteiger partial charge in [0.2, 0.25) is 5.82 Å². The van der Waals surface area contributed by atoms with E-state index in [1.165, 1.54) is 6.20 Å². The molecule has 0 radical (unpaired) electrons. The number of aromatic carboxylic acids is 1. The SMILES string of the molecule is CCn1c(COc2cccc(Cl)c2)cnc1C(=O)O. The Morgan fingerprint density at radius 2 is 2.32 bits per heavy atom. The number of ether oxygens (including phenoxy) is 1. The third kappa shape index (κ3) is 3.06. The largest absolute Gasteiger partial charge is 0.487 e. The van der Waals surface area contributed by atoms with E-state index < -0.39 is 5.97 Å². The number of hydrogen-bond acceptors (Lipinski definition) is 3. The molecule has 1 aromatic heterocycles. The second-order valence-electron chi connectivity index (χ2n) is 3.87. The summed E-state index contributed by atoms with van der Waals surface area (Å²) in [6.45, 7) is 2.63. The Bertz CT molecular complexity index is 595. The molecular formula is C13H13ClN2O3. The van der Waals surface area contributed by atoms with Gasteiger partial charge in [-0.3, -0.25) is 0 Å². The summed E-state index contributed by atoms with van der Waals surface area (Å²) in [6, 6.07) is 7.04. The molecule has 19 heavy (non-hydrogen) atoms. The molecule has 0 unspecified atom stereocenters. The highest BCUT2D eigenvalue weighted by molar-refractivity contribution is 6.30. The Morgan fingerprint density at radius 3 is 2.95 bits per heavy atom. The molecule has 0 spiro atoms. The van der Waals surface area contributed by atoms with E-state index in [0.29, 0.717) is 23.0 Å². The maximum atomic E-state index is 11.0. The third-order valence-electron chi connectivity index (χ3n) is 2.63.